The van der Waals surface area contributed by atoms with E-state index in [1.807, 2.05) is 11.8 Å². The average molecular weight is 284 g/mol. The smallest absolute Gasteiger partial charge is 0.226 e. The quantitative estimate of drug-likeness (QED) is 0.781. The van der Waals surface area contributed by atoms with E-state index in [0.29, 0.717) is 25.7 Å². The van der Waals surface area contributed by atoms with E-state index in [2.05, 4.69) is 4.90 Å². The zero-order valence-corrected chi connectivity index (χ0v) is 12.6. The van der Waals surface area contributed by atoms with Crippen molar-refractivity contribution in [1.29, 1.82) is 0 Å². The first kappa shape index (κ1) is 15.7. The number of rotatable bonds is 6. The molecule has 0 saturated carbocycles. The number of aliphatic hydroxyl groups is 1. The number of hydrogen-bond acceptors (Lipinski definition) is 4. The molecular weight excluding hydrogens is 256 g/mol. The SMILES string of the molecule is CCOCC(O)CN1CCCC(C(=O)N2CCCC2)C1. The molecule has 0 bridgehead atoms. The predicted octanol–water partition coefficient (Wildman–Crippen LogP) is 0.718. The van der Waals surface area contributed by atoms with Crippen molar-refractivity contribution in [2.45, 2.75) is 38.7 Å². The van der Waals surface area contributed by atoms with Crippen LogP contribution in [0.3, 0.4) is 0 Å². The number of nitrogens with zero attached hydrogens (tertiary/aromatic N) is 2. The van der Waals surface area contributed by atoms with Crippen molar-refractivity contribution < 1.29 is 14.6 Å². The van der Waals surface area contributed by atoms with Crippen LogP contribution < -0.4 is 0 Å². The van der Waals surface area contributed by atoms with E-state index in [9.17, 15) is 9.90 Å². The Kier molecular flexibility index (Phi) is 6.26. The first-order valence-electron chi connectivity index (χ1n) is 7.97. The summed E-state index contributed by atoms with van der Waals surface area (Å²) in [5, 5.41) is 9.91. The van der Waals surface area contributed by atoms with Crippen molar-refractivity contribution in [3.05, 3.63) is 0 Å². The Balaban J connectivity index is 1.77. The van der Waals surface area contributed by atoms with Gasteiger partial charge in [0, 0.05) is 32.8 Å². The fourth-order valence-corrected chi connectivity index (χ4v) is 3.22. The molecule has 2 saturated heterocycles. The van der Waals surface area contributed by atoms with Gasteiger partial charge < -0.3 is 14.7 Å². The summed E-state index contributed by atoms with van der Waals surface area (Å²) < 4.78 is 5.24. The minimum atomic E-state index is -0.449. The van der Waals surface area contributed by atoms with Gasteiger partial charge in [0.2, 0.25) is 5.91 Å². The molecule has 5 heteroatoms. The summed E-state index contributed by atoms with van der Waals surface area (Å²) in [4.78, 5) is 16.6. The van der Waals surface area contributed by atoms with E-state index in [4.69, 9.17) is 4.74 Å². The van der Waals surface area contributed by atoms with E-state index < -0.39 is 6.10 Å². The van der Waals surface area contributed by atoms with Gasteiger partial charge in [0.05, 0.1) is 18.6 Å². The Morgan fingerprint density at radius 1 is 1.30 bits per heavy atom. The average Bonchev–Trinajstić information content (AvgIpc) is 2.98. The molecule has 0 spiro atoms. The van der Waals surface area contributed by atoms with Crippen molar-refractivity contribution in [2.24, 2.45) is 5.92 Å². The topological polar surface area (TPSA) is 53.0 Å². The minimum Gasteiger partial charge on any atom is -0.389 e. The number of β-amino-alcohol motifs (C(OH)–C–C–N with tert-alkyl or cyclic N) is 1. The van der Waals surface area contributed by atoms with Crippen LogP contribution in [-0.2, 0) is 9.53 Å². The standard InChI is InChI=1S/C15H28N2O3/c1-2-20-12-14(18)11-16-7-5-6-13(10-16)15(19)17-8-3-4-9-17/h13-14,18H,2-12H2,1H3. The molecule has 2 atom stereocenters. The summed E-state index contributed by atoms with van der Waals surface area (Å²) >= 11 is 0. The van der Waals surface area contributed by atoms with E-state index in [0.717, 1.165) is 51.9 Å². The van der Waals surface area contributed by atoms with Gasteiger partial charge in [0.15, 0.2) is 0 Å². The molecule has 2 unspecified atom stereocenters. The van der Waals surface area contributed by atoms with Gasteiger partial charge >= 0.3 is 0 Å². The maximum Gasteiger partial charge on any atom is 0.226 e. The molecule has 20 heavy (non-hydrogen) atoms. The molecule has 0 aromatic carbocycles. The van der Waals surface area contributed by atoms with Crippen molar-refractivity contribution in [3.8, 4) is 0 Å². The summed E-state index contributed by atoms with van der Waals surface area (Å²) in [5.41, 5.74) is 0. The largest absolute Gasteiger partial charge is 0.389 e. The highest BCUT2D eigenvalue weighted by Crippen LogP contribution is 2.21. The molecule has 1 amide bonds. The zero-order chi connectivity index (χ0) is 14.4. The van der Waals surface area contributed by atoms with Crippen molar-refractivity contribution in [1.82, 2.24) is 9.80 Å². The second-order valence-corrected chi connectivity index (χ2v) is 5.94. The number of likely N-dealkylation sites (tertiary alicyclic amines) is 2. The second kappa shape index (κ2) is 7.96. The molecule has 2 fully saturated rings. The lowest BCUT2D eigenvalue weighted by molar-refractivity contribution is -0.136. The van der Waals surface area contributed by atoms with Gasteiger partial charge in [0.1, 0.15) is 0 Å². The number of ether oxygens (including phenoxy) is 1. The van der Waals surface area contributed by atoms with Crippen LogP contribution in [0.5, 0.6) is 0 Å². The van der Waals surface area contributed by atoms with E-state index in [1.165, 1.54) is 0 Å². The third-order valence-electron chi connectivity index (χ3n) is 4.26. The van der Waals surface area contributed by atoms with Gasteiger partial charge in [-0.05, 0) is 39.2 Å². The van der Waals surface area contributed by atoms with Crippen LogP contribution in [0, 0.1) is 5.92 Å². The molecule has 116 valence electrons. The molecule has 1 N–H and O–H groups in total. The first-order valence-corrected chi connectivity index (χ1v) is 7.97. The van der Waals surface area contributed by atoms with Crippen LogP contribution in [0.2, 0.25) is 0 Å². The van der Waals surface area contributed by atoms with Crippen LogP contribution in [0.1, 0.15) is 32.6 Å². The summed E-state index contributed by atoms with van der Waals surface area (Å²) in [7, 11) is 0. The molecule has 5 nitrogen and oxygen atoms in total. The highest BCUT2D eigenvalue weighted by atomic mass is 16.5. The summed E-state index contributed by atoms with van der Waals surface area (Å²) in [6.07, 6.45) is 3.89. The van der Waals surface area contributed by atoms with Crippen molar-refractivity contribution in [2.75, 3.05) is 45.9 Å². The van der Waals surface area contributed by atoms with Gasteiger partial charge in [0.25, 0.3) is 0 Å². The fraction of sp³-hybridized carbons (Fsp3) is 0.933. The zero-order valence-electron chi connectivity index (χ0n) is 12.6. The van der Waals surface area contributed by atoms with Gasteiger partial charge in [-0.15, -0.1) is 0 Å². The van der Waals surface area contributed by atoms with Gasteiger partial charge in [-0.1, -0.05) is 0 Å². The van der Waals surface area contributed by atoms with E-state index >= 15 is 0 Å². The minimum absolute atomic E-state index is 0.126. The molecule has 2 aliphatic rings. The number of amides is 1. The van der Waals surface area contributed by atoms with Crippen LogP contribution >= 0.6 is 0 Å². The predicted molar refractivity (Wildman–Crippen MR) is 77.5 cm³/mol. The number of carbonyl (C=O) groups excluding carboxylic acids is 1. The third-order valence-corrected chi connectivity index (χ3v) is 4.26. The molecule has 2 aliphatic heterocycles. The maximum absolute atomic E-state index is 12.4. The first-order chi connectivity index (χ1) is 9.70. The Labute approximate surface area is 121 Å². The molecule has 0 radical (unpaired) electrons. The Hall–Kier alpha value is -0.650. The highest BCUT2D eigenvalue weighted by Gasteiger charge is 2.30. The van der Waals surface area contributed by atoms with Crippen molar-refractivity contribution >= 4 is 5.91 Å². The summed E-state index contributed by atoms with van der Waals surface area (Å²) in [6.45, 7) is 7.20. The molecule has 0 aromatic heterocycles. The Morgan fingerprint density at radius 3 is 2.75 bits per heavy atom. The van der Waals surface area contributed by atoms with Gasteiger partial charge in [-0.2, -0.15) is 0 Å². The lowest BCUT2D eigenvalue weighted by Gasteiger charge is -2.34. The van der Waals surface area contributed by atoms with E-state index in [-0.39, 0.29) is 5.92 Å². The number of hydrogen-bond donors (Lipinski definition) is 1. The summed E-state index contributed by atoms with van der Waals surface area (Å²) in [5.74, 6) is 0.452. The molecule has 0 aliphatic carbocycles. The number of piperidine rings is 1. The van der Waals surface area contributed by atoms with Crippen LogP contribution in [-0.4, -0.2) is 72.9 Å². The maximum atomic E-state index is 12.4. The van der Waals surface area contributed by atoms with Crippen LogP contribution in [0.25, 0.3) is 0 Å². The monoisotopic (exact) mass is 284 g/mol. The molecule has 0 aromatic rings. The number of carbonyl (C=O) groups is 1. The molecular formula is C15H28N2O3. The molecule has 2 rings (SSSR count). The molecule has 2 heterocycles. The van der Waals surface area contributed by atoms with E-state index in [1.54, 1.807) is 0 Å². The third kappa shape index (κ3) is 4.43. The fourth-order valence-electron chi connectivity index (χ4n) is 3.22. The van der Waals surface area contributed by atoms with Gasteiger partial charge in [-0.25, -0.2) is 0 Å². The lowest BCUT2D eigenvalue weighted by atomic mass is 9.96. The van der Waals surface area contributed by atoms with Crippen LogP contribution in [0.4, 0.5) is 0 Å². The van der Waals surface area contributed by atoms with Crippen molar-refractivity contribution in [3.63, 3.8) is 0 Å². The van der Waals surface area contributed by atoms with Crippen LogP contribution in [0.15, 0.2) is 0 Å². The van der Waals surface area contributed by atoms with Gasteiger partial charge in [-0.3, -0.25) is 9.69 Å². The Morgan fingerprint density at radius 2 is 2.05 bits per heavy atom. The highest BCUT2D eigenvalue weighted by molar-refractivity contribution is 5.79. The summed E-state index contributed by atoms with van der Waals surface area (Å²) in [6, 6.07) is 0. The number of aliphatic hydroxyl groups excluding tert-OH is 1. The Bertz CT molecular complexity index is 305. The normalized spacial score (nSPS) is 25.9. The second-order valence-electron chi connectivity index (χ2n) is 5.94. The lowest BCUT2D eigenvalue weighted by Crippen LogP contribution is -2.46.